The van der Waals surface area contributed by atoms with Gasteiger partial charge in [0.05, 0.1) is 17.8 Å². The number of anilines is 2. The molecule has 2 aromatic carbocycles. The number of hydrogen-bond acceptors (Lipinski definition) is 5. The molecule has 128 valence electrons. The Balaban J connectivity index is 2.21. The van der Waals surface area contributed by atoms with Crippen molar-refractivity contribution in [1.82, 2.24) is 4.98 Å². The molecule has 0 atom stereocenters. The molecule has 1 heterocycles. The summed E-state index contributed by atoms with van der Waals surface area (Å²) in [6, 6.07) is 10.7. The number of aromatic hydroxyl groups is 1. The lowest BCUT2D eigenvalue weighted by molar-refractivity contribution is 0.0527. The van der Waals surface area contributed by atoms with Gasteiger partial charge in [0, 0.05) is 23.3 Å². The zero-order valence-corrected chi connectivity index (χ0v) is 14.5. The van der Waals surface area contributed by atoms with Crippen LogP contribution in [0.2, 0.25) is 0 Å². The predicted octanol–water partition coefficient (Wildman–Crippen LogP) is 4.48. The average molecular weight is 336 g/mol. The van der Waals surface area contributed by atoms with E-state index >= 15 is 0 Å². The van der Waals surface area contributed by atoms with Crippen molar-refractivity contribution in [3.63, 3.8) is 0 Å². The van der Waals surface area contributed by atoms with Crippen LogP contribution < -0.4 is 5.32 Å². The molecule has 0 aliphatic rings. The molecule has 2 N–H and O–H groups in total. The van der Waals surface area contributed by atoms with E-state index in [0.717, 1.165) is 22.0 Å². The minimum Gasteiger partial charge on any atom is -0.508 e. The predicted molar refractivity (Wildman–Crippen MR) is 98.6 cm³/mol. The van der Waals surface area contributed by atoms with E-state index in [2.05, 4.69) is 10.3 Å². The second-order valence-corrected chi connectivity index (χ2v) is 5.85. The summed E-state index contributed by atoms with van der Waals surface area (Å²) < 4.78 is 5.16. The van der Waals surface area contributed by atoms with Crippen molar-refractivity contribution in [3.8, 4) is 5.75 Å². The van der Waals surface area contributed by atoms with Crippen LogP contribution in [0.5, 0.6) is 5.75 Å². The molecule has 5 nitrogen and oxygen atoms in total. The van der Waals surface area contributed by atoms with Crippen LogP contribution >= 0.6 is 0 Å². The minimum atomic E-state index is -0.433. The molecule has 0 saturated carbocycles. The number of esters is 1. The van der Waals surface area contributed by atoms with Crippen LogP contribution in [0.1, 0.15) is 28.4 Å². The van der Waals surface area contributed by atoms with Crippen molar-refractivity contribution in [3.05, 3.63) is 59.3 Å². The third-order valence-electron chi connectivity index (χ3n) is 4.17. The standard InChI is InChI=1S/C20H20N2O3/c1-4-25-20(24)17-11-21-18-13(3)12(2)8-9-16(18)19(17)22-14-6-5-7-15(23)10-14/h5-11,23H,4H2,1-3H3,(H,21,22). The van der Waals surface area contributed by atoms with Gasteiger partial charge in [0.25, 0.3) is 0 Å². The van der Waals surface area contributed by atoms with Crippen molar-refractivity contribution in [2.75, 3.05) is 11.9 Å². The van der Waals surface area contributed by atoms with E-state index in [9.17, 15) is 9.90 Å². The zero-order chi connectivity index (χ0) is 18.0. The number of fused-ring (bicyclic) bond motifs is 1. The molecule has 0 amide bonds. The smallest absolute Gasteiger partial charge is 0.341 e. The van der Waals surface area contributed by atoms with Crippen LogP contribution in [0.3, 0.4) is 0 Å². The number of carbonyl (C=O) groups excluding carboxylic acids is 1. The number of phenols is 1. The molecule has 1 aromatic heterocycles. The molecule has 0 saturated heterocycles. The second-order valence-electron chi connectivity index (χ2n) is 5.85. The molecule has 5 heteroatoms. The van der Waals surface area contributed by atoms with Gasteiger partial charge in [-0.3, -0.25) is 4.98 Å². The number of nitrogens with zero attached hydrogens (tertiary/aromatic N) is 1. The topological polar surface area (TPSA) is 71.5 Å². The summed E-state index contributed by atoms with van der Waals surface area (Å²) in [5.41, 5.74) is 4.68. The fourth-order valence-electron chi connectivity index (χ4n) is 2.73. The Bertz CT molecular complexity index is 951. The SMILES string of the molecule is CCOC(=O)c1cnc2c(C)c(C)ccc2c1Nc1cccc(O)c1. The maximum Gasteiger partial charge on any atom is 0.341 e. The molecule has 0 unspecified atom stereocenters. The first-order valence-electron chi connectivity index (χ1n) is 8.13. The van der Waals surface area contributed by atoms with Gasteiger partial charge in [-0.25, -0.2) is 4.79 Å². The molecular formula is C20H20N2O3. The average Bonchev–Trinajstić information content (AvgIpc) is 2.58. The summed E-state index contributed by atoms with van der Waals surface area (Å²) in [5, 5.41) is 13.8. The first-order chi connectivity index (χ1) is 12.0. The first kappa shape index (κ1) is 16.8. The maximum atomic E-state index is 12.4. The molecule has 0 fully saturated rings. The molecule has 3 rings (SSSR count). The summed E-state index contributed by atoms with van der Waals surface area (Å²) in [5.74, 6) is -0.286. The molecule has 0 spiro atoms. The van der Waals surface area contributed by atoms with Crippen molar-refractivity contribution >= 4 is 28.2 Å². The fraction of sp³-hybridized carbons (Fsp3) is 0.200. The van der Waals surface area contributed by atoms with E-state index in [1.165, 1.54) is 6.20 Å². The summed E-state index contributed by atoms with van der Waals surface area (Å²) >= 11 is 0. The highest BCUT2D eigenvalue weighted by Crippen LogP contribution is 2.32. The van der Waals surface area contributed by atoms with Gasteiger partial charge in [-0.15, -0.1) is 0 Å². The van der Waals surface area contributed by atoms with Crippen molar-refractivity contribution in [1.29, 1.82) is 0 Å². The summed E-state index contributed by atoms with van der Waals surface area (Å²) in [4.78, 5) is 16.8. The highest BCUT2D eigenvalue weighted by molar-refractivity contribution is 6.06. The van der Waals surface area contributed by atoms with Gasteiger partial charge in [-0.05, 0) is 44.0 Å². The molecule has 0 aliphatic heterocycles. The van der Waals surface area contributed by atoms with Gasteiger partial charge in [-0.1, -0.05) is 18.2 Å². The quantitative estimate of drug-likeness (QED) is 0.688. The number of benzene rings is 2. The van der Waals surface area contributed by atoms with E-state index < -0.39 is 5.97 Å². The van der Waals surface area contributed by atoms with Crippen LogP contribution in [-0.2, 0) is 4.74 Å². The molecule has 0 bridgehead atoms. The molecule has 3 aromatic rings. The van der Waals surface area contributed by atoms with Crippen LogP contribution in [0.25, 0.3) is 10.9 Å². The summed E-state index contributed by atoms with van der Waals surface area (Å²) in [6.07, 6.45) is 1.54. The Hall–Kier alpha value is -3.08. The number of nitrogens with one attached hydrogen (secondary N) is 1. The lowest BCUT2D eigenvalue weighted by atomic mass is 10.0. The highest BCUT2D eigenvalue weighted by atomic mass is 16.5. The lowest BCUT2D eigenvalue weighted by Gasteiger charge is -2.16. The number of hydrogen-bond donors (Lipinski definition) is 2. The summed E-state index contributed by atoms with van der Waals surface area (Å²) in [7, 11) is 0. The highest BCUT2D eigenvalue weighted by Gasteiger charge is 2.18. The molecule has 25 heavy (non-hydrogen) atoms. The third kappa shape index (κ3) is 3.26. The Labute approximate surface area is 146 Å². The lowest BCUT2D eigenvalue weighted by Crippen LogP contribution is -2.09. The second kappa shape index (κ2) is 6.81. The van der Waals surface area contributed by atoms with Crippen LogP contribution in [-0.4, -0.2) is 22.7 Å². The van der Waals surface area contributed by atoms with Gasteiger partial charge in [0.1, 0.15) is 11.3 Å². The van der Waals surface area contributed by atoms with Crippen molar-refractivity contribution in [2.45, 2.75) is 20.8 Å². The number of aromatic nitrogens is 1. The van der Waals surface area contributed by atoms with Crippen LogP contribution in [0.15, 0.2) is 42.6 Å². The molecular weight excluding hydrogens is 316 g/mol. The monoisotopic (exact) mass is 336 g/mol. The van der Waals surface area contributed by atoms with E-state index in [-0.39, 0.29) is 12.4 Å². The minimum absolute atomic E-state index is 0.146. The van der Waals surface area contributed by atoms with Crippen molar-refractivity contribution in [2.24, 2.45) is 0 Å². The van der Waals surface area contributed by atoms with E-state index in [1.807, 2.05) is 32.0 Å². The Kier molecular flexibility index (Phi) is 4.57. The maximum absolute atomic E-state index is 12.4. The van der Waals surface area contributed by atoms with Gasteiger partial charge >= 0.3 is 5.97 Å². The number of rotatable bonds is 4. The zero-order valence-electron chi connectivity index (χ0n) is 14.5. The van der Waals surface area contributed by atoms with Gasteiger partial charge < -0.3 is 15.2 Å². The summed E-state index contributed by atoms with van der Waals surface area (Å²) in [6.45, 7) is 6.09. The number of ether oxygens (including phenoxy) is 1. The number of aryl methyl sites for hydroxylation is 2. The van der Waals surface area contributed by atoms with Crippen LogP contribution in [0.4, 0.5) is 11.4 Å². The molecule has 0 radical (unpaired) electrons. The van der Waals surface area contributed by atoms with Crippen molar-refractivity contribution < 1.29 is 14.6 Å². The third-order valence-corrected chi connectivity index (χ3v) is 4.17. The number of pyridine rings is 1. The van der Waals surface area contributed by atoms with E-state index in [0.29, 0.717) is 16.9 Å². The Morgan fingerprint density at radius 2 is 2.04 bits per heavy atom. The van der Waals surface area contributed by atoms with E-state index in [4.69, 9.17) is 4.74 Å². The van der Waals surface area contributed by atoms with Gasteiger partial charge in [0.15, 0.2) is 0 Å². The van der Waals surface area contributed by atoms with Gasteiger partial charge in [-0.2, -0.15) is 0 Å². The number of carbonyl (C=O) groups is 1. The van der Waals surface area contributed by atoms with Crippen LogP contribution in [0, 0.1) is 13.8 Å². The largest absolute Gasteiger partial charge is 0.508 e. The fourth-order valence-corrected chi connectivity index (χ4v) is 2.73. The van der Waals surface area contributed by atoms with E-state index in [1.54, 1.807) is 25.1 Å². The van der Waals surface area contributed by atoms with Gasteiger partial charge in [0.2, 0.25) is 0 Å². The normalized spacial score (nSPS) is 10.7. The first-order valence-corrected chi connectivity index (χ1v) is 8.13. The molecule has 0 aliphatic carbocycles. The Morgan fingerprint density at radius 1 is 1.24 bits per heavy atom. The number of phenolic OH excluding ortho intramolecular Hbond substituents is 1. The Morgan fingerprint density at radius 3 is 2.76 bits per heavy atom.